The van der Waals surface area contributed by atoms with Gasteiger partial charge in [0.2, 0.25) is 5.91 Å². The number of likely N-dealkylation sites (N-methyl/N-ethyl adjacent to an activating group) is 1. The van der Waals surface area contributed by atoms with Gasteiger partial charge in [-0.3, -0.25) is 19.2 Å². The van der Waals surface area contributed by atoms with Gasteiger partial charge in [-0.1, -0.05) is 6.92 Å². The second kappa shape index (κ2) is 6.71. The average Bonchev–Trinajstić information content (AvgIpc) is 2.89. The van der Waals surface area contributed by atoms with Gasteiger partial charge in [0, 0.05) is 38.4 Å². The molecular weight excluding hydrogens is 272 g/mol. The van der Waals surface area contributed by atoms with E-state index in [1.54, 1.807) is 15.8 Å². The minimum atomic E-state index is -0.831. The zero-order valence-electron chi connectivity index (χ0n) is 12.5. The van der Waals surface area contributed by atoms with Gasteiger partial charge in [-0.05, 0) is 6.42 Å². The van der Waals surface area contributed by atoms with Crippen molar-refractivity contribution in [2.24, 2.45) is 0 Å². The molecule has 21 heavy (non-hydrogen) atoms. The summed E-state index contributed by atoms with van der Waals surface area (Å²) in [5.74, 6) is -0.662. The van der Waals surface area contributed by atoms with Crippen LogP contribution in [-0.2, 0) is 22.7 Å². The van der Waals surface area contributed by atoms with Crippen molar-refractivity contribution in [3.8, 4) is 0 Å². The molecule has 0 spiro atoms. The molecular formula is C14H22N4O3. The third-order valence-electron chi connectivity index (χ3n) is 3.84. The van der Waals surface area contributed by atoms with Crippen LogP contribution in [0.25, 0.3) is 0 Å². The summed E-state index contributed by atoms with van der Waals surface area (Å²) < 4.78 is 1.64. The Kier molecular flexibility index (Phi) is 4.95. The Labute approximate surface area is 124 Å². The van der Waals surface area contributed by atoms with E-state index < -0.39 is 5.97 Å². The zero-order valence-corrected chi connectivity index (χ0v) is 12.5. The number of hydrogen-bond acceptors (Lipinski definition) is 4. The topological polar surface area (TPSA) is 78.7 Å². The fourth-order valence-electron chi connectivity index (χ4n) is 2.63. The minimum absolute atomic E-state index is 0.0612. The highest BCUT2D eigenvalue weighted by Crippen LogP contribution is 2.16. The van der Waals surface area contributed by atoms with Gasteiger partial charge in [-0.15, -0.1) is 0 Å². The molecule has 1 N–H and O–H groups in total. The number of rotatable bonds is 6. The third kappa shape index (κ3) is 3.81. The maximum atomic E-state index is 12.1. The Bertz CT molecular complexity index is 514. The molecule has 0 aliphatic carbocycles. The van der Waals surface area contributed by atoms with Gasteiger partial charge in [-0.2, -0.15) is 5.10 Å². The first-order valence-corrected chi connectivity index (χ1v) is 7.23. The second-order valence-corrected chi connectivity index (χ2v) is 5.41. The van der Waals surface area contributed by atoms with E-state index in [-0.39, 0.29) is 18.4 Å². The number of aryl methyl sites for hydroxylation is 1. The largest absolute Gasteiger partial charge is 0.481 e. The minimum Gasteiger partial charge on any atom is -0.481 e. The van der Waals surface area contributed by atoms with E-state index in [2.05, 4.69) is 10.00 Å². The summed E-state index contributed by atoms with van der Waals surface area (Å²) in [7, 11) is 1.84. The molecule has 0 bridgehead atoms. The third-order valence-corrected chi connectivity index (χ3v) is 3.84. The molecule has 1 aliphatic heterocycles. The molecule has 116 valence electrons. The first-order valence-electron chi connectivity index (χ1n) is 7.23. The highest BCUT2D eigenvalue weighted by atomic mass is 16.4. The van der Waals surface area contributed by atoms with Gasteiger partial charge in [0.15, 0.2) is 0 Å². The van der Waals surface area contributed by atoms with Crippen LogP contribution < -0.4 is 0 Å². The van der Waals surface area contributed by atoms with Crippen LogP contribution in [0, 0.1) is 0 Å². The summed E-state index contributed by atoms with van der Waals surface area (Å²) in [5.41, 5.74) is 1.01. The molecule has 2 heterocycles. The van der Waals surface area contributed by atoms with E-state index >= 15 is 0 Å². The quantitative estimate of drug-likeness (QED) is 0.822. The first kappa shape index (κ1) is 15.5. The van der Waals surface area contributed by atoms with Crippen LogP contribution in [-0.4, -0.2) is 62.7 Å². The van der Waals surface area contributed by atoms with Crippen molar-refractivity contribution < 1.29 is 14.7 Å². The number of aromatic nitrogens is 2. The number of hydrogen-bond donors (Lipinski definition) is 1. The van der Waals surface area contributed by atoms with Crippen LogP contribution in [0.15, 0.2) is 12.4 Å². The fourth-order valence-corrected chi connectivity index (χ4v) is 2.63. The number of aliphatic carboxylic acids is 1. The Morgan fingerprint density at radius 1 is 1.48 bits per heavy atom. The summed E-state index contributed by atoms with van der Waals surface area (Å²) in [6.07, 6.45) is 4.46. The highest BCUT2D eigenvalue weighted by molar-refractivity contribution is 5.82. The lowest BCUT2D eigenvalue weighted by atomic mass is 10.1. The maximum Gasteiger partial charge on any atom is 0.305 e. The number of carbonyl (C=O) groups excluding carboxylic acids is 1. The Morgan fingerprint density at radius 3 is 2.90 bits per heavy atom. The number of carbonyl (C=O) groups is 2. The molecule has 0 aromatic carbocycles. The molecule has 7 heteroatoms. The Morgan fingerprint density at radius 2 is 2.24 bits per heavy atom. The maximum absolute atomic E-state index is 12.1. The molecule has 0 radical (unpaired) electrons. The number of carboxylic acid groups (broad SMARTS) is 1. The summed E-state index contributed by atoms with van der Waals surface area (Å²) in [4.78, 5) is 26.6. The van der Waals surface area contributed by atoms with Crippen LogP contribution in [0.5, 0.6) is 0 Å². The number of amides is 1. The first-order chi connectivity index (χ1) is 10.0. The van der Waals surface area contributed by atoms with Crippen LogP contribution in [0.1, 0.15) is 25.3 Å². The lowest BCUT2D eigenvalue weighted by molar-refractivity contribution is -0.140. The molecule has 1 amide bonds. The van der Waals surface area contributed by atoms with Crippen molar-refractivity contribution in [3.05, 3.63) is 18.0 Å². The zero-order chi connectivity index (χ0) is 15.4. The fraction of sp³-hybridized carbons (Fsp3) is 0.643. The molecule has 1 unspecified atom stereocenters. The van der Waals surface area contributed by atoms with Crippen molar-refractivity contribution >= 4 is 11.9 Å². The number of carboxylic acids is 1. The molecule has 2 rings (SSSR count). The van der Waals surface area contributed by atoms with Crippen molar-refractivity contribution in [3.63, 3.8) is 0 Å². The molecule has 1 fully saturated rings. The lowest BCUT2D eigenvalue weighted by Gasteiger charge is -2.38. The molecule has 1 aliphatic rings. The van der Waals surface area contributed by atoms with Crippen LogP contribution in [0.3, 0.4) is 0 Å². The summed E-state index contributed by atoms with van der Waals surface area (Å²) in [6.45, 7) is 4.65. The Hall–Kier alpha value is -1.89. The van der Waals surface area contributed by atoms with Crippen molar-refractivity contribution in [2.45, 2.75) is 38.9 Å². The van der Waals surface area contributed by atoms with Gasteiger partial charge in [0.1, 0.15) is 0 Å². The SMILES string of the molecule is CCC1C(=O)N(C)CCN1Cc1cnn(CCC(=O)O)c1. The molecule has 1 atom stereocenters. The van der Waals surface area contributed by atoms with E-state index in [9.17, 15) is 9.59 Å². The van der Waals surface area contributed by atoms with Gasteiger partial charge in [0.25, 0.3) is 0 Å². The monoisotopic (exact) mass is 294 g/mol. The second-order valence-electron chi connectivity index (χ2n) is 5.41. The molecule has 7 nitrogen and oxygen atoms in total. The molecule has 1 saturated heterocycles. The summed E-state index contributed by atoms with van der Waals surface area (Å²) >= 11 is 0. The molecule has 0 saturated carbocycles. The summed E-state index contributed by atoms with van der Waals surface area (Å²) in [5, 5.41) is 12.8. The predicted molar refractivity (Wildman–Crippen MR) is 76.6 cm³/mol. The van der Waals surface area contributed by atoms with Crippen LogP contribution in [0.2, 0.25) is 0 Å². The Balaban J connectivity index is 1.97. The van der Waals surface area contributed by atoms with Crippen molar-refractivity contribution in [2.75, 3.05) is 20.1 Å². The van der Waals surface area contributed by atoms with Gasteiger partial charge in [0.05, 0.1) is 25.2 Å². The number of piperazine rings is 1. The van der Waals surface area contributed by atoms with E-state index in [0.717, 1.165) is 25.1 Å². The average molecular weight is 294 g/mol. The molecule has 1 aromatic heterocycles. The van der Waals surface area contributed by atoms with E-state index in [4.69, 9.17) is 5.11 Å². The van der Waals surface area contributed by atoms with Crippen molar-refractivity contribution in [1.82, 2.24) is 19.6 Å². The van der Waals surface area contributed by atoms with Crippen LogP contribution >= 0.6 is 0 Å². The normalized spacial score (nSPS) is 20.0. The lowest BCUT2D eigenvalue weighted by Crippen LogP contribution is -2.54. The van der Waals surface area contributed by atoms with Gasteiger partial charge >= 0.3 is 5.97 Å². The van der Waals surface area contributed by atoms with E-state index in [1.807, 2.05) is 20.2 Å². The van der Waals surface area contributed by atoms with Crippen LogP contribution in [0.4, 0.5) is 0 Å². The smallest absolute Gasteiger partial charge is 0.305 e. The predicted octanol–water partition coefficient (Wildman–Crippen LogP) is 0.410. The summed E-state index contributed by atoms with van der Waals surface area (Å²) in [6, 6.07) is -0.0777. The van der Waals surface area contributed by atoms with E-state index in [1.165, 1.54) is 0 Å². The van der Waals surface area contributed by atoms with Gasteiger partial charge in [-0.25, -0.2) is 0 Å². The molecule has 1 aromatic rings. The van der Waals surface area contributed by atoms with Crippen molar-refractivity contribution in [1.29, 1.82) is 0 Å². The standard InChI is InChI=1S/C14H22N4O3/c1-3-12-14(21)16(2)6-7-17(12)9-11-8-15-18(10-11)5-4-13(19)20/h8,10,12H,3-7,9H2,1-2H3,(H,19,20). The van der Waals surface area contributed by atoms with Gasteiger partial charge < -0.3 is 10.0 Å². The van der Waals surface area contributed by atoms with E-state index in [0.29, 0.717) is 13.1 Å². The highest BCUT2D eigenvalue weighted by Gasteiger charge is 2.31. The number of nitrogens with zero attached hydrogens (tertiary/aromatic N) is 4.